The van der Waals surface area contributed by atoms with Crippen LogP contribution in [0.3, 0.4) is 0 Å². The third-order valence-corrected chi connectivity index (χ3v) is 2.07. The first-order chi connectivity index (χ1) is 6.99. The lowest BCUT2D eigenvalue weighted by Gasteiger charge is -2.11. The maximum atomic E-state index is 12.9. The fourth-order valence-corrected chi connectivity index (χ4v) is 1.25. The number of aryl methyl sites for hydroxylation is 1. The summed E-state index contributed by atoms with van der Waals surface area (Å²) in [5.74, 6) is -3.01. The second-order valence-electron chi connectivity index (χ2n) is 3.50. The molecule has 0 saturated carbocycles. The molecule has 0 aliphatic heterocycles. The van der Waals surface area contributed by atoms with Gasteiger partial charge in [0.2, 0.25) is 0 Å². The Kier molecular flexibility index (Phi) is 3.68. The molecule has 0 radical (unpaired) electrons. The summed E-state index contributed by atoms with van der Waals surface area (Å²) in [6.07, 6.45) is 1.47. The zero-order chi connectivity index (χ0) is 11.5. The van der Waals surface area contributed by atoms with E-state index in [1.165, 1.54) is 6.07 Å². The summed E-state index contributed by atoms with van der Waals surface area (Å²) in [4.78, 5) is 0. The van der Waals surface area contributed by atoms with Crippen LogP contribution in [0, 0.1) is 0 Å². The minimum Gasteiger partial charge on any atom is -0.392 e. The molecule has 1 N–H and O–H groups in total. The largest absolute Gasteiger partial charge is 0.392 e. The van der Waals surface area contributed by atoms with Crippen molar-refractivity contribution in [3.8, 4) is 0 Å². The maximum Gasteiger partial charge on any atom is 0.288 e. The van der Waals surface area contributed by atoms with Gasteiger partial charge >= 0.3 is 0 Å². The van der Waals surface area contributed by atoms with Crippen LogP contribution in [0.25, 0.3) is 0 Å². The molecule has 0 atom stereocenters. The maximum absolute atomic E-state index is 12.9. The summed E-state index contributed by atoms with van der Waals surface area (Å²) in [5, 5.41) is 16.2. The molecule has 84 valence electrons. The Bertz CT molecular complexity index is 337. The molecule has 1 heterocycles. The highest BCUT2D eigenvalue weighted by atomic mass is 19.3. The molecule has 0 unspecified atom stereocenters. The van der Waals surface area contributed by atoms with Crippen LogP contribution in [0.2, 0.25) is 0 Å². The second-order valence-corrected chi connectivity index (χ2v) is 3.50. The minimum atomic E-state index is -3.01. The van der Waals surface area contributed by atoms with Gasteiger partial charge < -0.3 is 5.11 Å². The summed E-state index contributed by atoms with van der Waals surface area (Å²) in [7, 11) is 0. The second kappa shape index (κ2) is 4.61. The summed E-state index contributed by atoms with van der Waals surface area (Å²) < 4.78 is 25.8. The van der Waals surface area contributed by atoms with Gasteiger partial charge in [-0.2, -0.15) is 13.9 Å². The molecule has 15 heavy (non-hydrogen) atoms. The fourth-order valence-electron chi connectivity index (χ4n) is 1.25. The van der Waals surface area contributed by atoms with Gasteiger partial charge in [-0.05, 0) is 12.5 Å². The highest BCUT2D eigenvalue weighted by Crippen LogP contribution is 2.25. The van der Waals surface area contributed by atoms with Gasteiger partial charge in [0.1, 0.15) is 5.69 Å². The zero-order valence-electron chi connectivity index (χ0n) is 8.80. The lowest BCUT2D eigenvalue weighted by atomic mass is 10.1. The molecule has 0 amide bonds. The van der Waals surface area contributed by atoms with Gasteiger partial charge in [0, 0.05) is 12.5 Å². The molecule has 1 aromatic heterocycles. The van der Waals surface area contributed by atoms with Crippen molar-refractivity contribution in [2.45, 2.75) is 39.2 Å². The third-order valence-electron chi connectivity index (χ3n) is 2.07. The van der Waals surface area contributed by atoms with E-state index in [1.807, 2.05) is 6.92 Å². The van der Waals surface area contributed by atoms with Crippen molar-refractivity contribution in [1.82, 2.24) is 10.2 Å². The first kappa shape index (κ1) is 12.0. The topological polar surface area (TPSA) is 46.0 Å². The van der Waals surface area contributed by atoms with E-state index < -0.39 is 11.6 Å². The summed E-state index contributed by atoms with van der Waals surface area (Å²) in [6.45, 7) is 2.43. The van der Waals surface area contributed by atoms with E-state index in [-0.39, 0.29) is 6.61 Å². The van der Waals surface area contributed by atoms with Crippen LogP contribution in [0.1, 0.15) is 37.2 Å². The van der Waals surface area contributed by atoms with Crippen LogP contribution in [-0.2, 0) is 19.0 Å². The molecule has 3 nitrogen and oxygen atoms in total. The number of rotatable bonds is 4. The van der Waals surface area contributed by atoms with E-state index in [0.29, 0.717) is 17.7 Å². The van der Waals surface area contributed by atoms with E-state index in [9.17, 15) is 8.78 Å². The zero-order valence-corrected chi connectivity index (χ0v) is 8.80. The van der Waals surface area contributed by atoms with Crippen LogP contribution in [0.15, 0.2) is 6.07 Å². The molecule has 0 aliphatic rings. The summed E-state index contributed by atoms with van der Waals surface area (Å²) in [6, 6.07) is 1.22. The van der Waals surface area contributed by atoms with Gasteiger partial charge in [-0.1, -0.05) is 13.3 Å². The third kappa shape index (κ3) is 2.92. The normalized spacial score (nSPS) is 11.8. The van der Waals surface area contributed by atoms with Crippen molar-refractivity contribution < 1.29 is 13.9 Å². The number of aliphatic hydroxyl groups is 1. The van der Waals surface area contributed by atoms with Crippen molar-refractivity contribution in [3.05, 3.63) is 23.0 Å². The number of halogens is 2. The number of nitrogens with zero attached hydrogens (tertiary/aromatic N) is 2. The number of aromatic nitrogens is 2. The minimum absolute atomic E-state index is 0.284. The molecule has 0 saturated heterocycles. The number of hydrogen-bond donors (Lipinski definition) is 1. The lowest BCUT2D eigenvalue weighted by molar-refractivity contribution is 0.0115. The average molecular weight is 216 g/mol. The molecule has 0 fully saturated rings. The molecule has 0 aliphatic carbocycles. The Labute approximate surface area is 87.2 Å². The monoisotopic (exact) mass is 216 g/mol. The predicted octanol–water partition coefficient (Wildman–Crippen LogP) is 2.03. The quantitative estimate of drug-likeness (QED) is 0.837. The SMILES string of the molecule is CCCc1nnc(C(C)(F)F)cc1CO. The van der Waals surface area contributed by atoms with Gasteiger partial charge in [0.15, 0.2) is 0 Å². The van der Waals surface area contributed by atoms with E-state index in [2.05, 4.69) is 10.2 Å². The molecule has 1 rings (SSSR count). The molecule has 0 spiro atoms. The van der Waals surface area contributed by atoms with Crippen molar-refractivity contribution in [2.75, 3.05) is 0 Å². The molecular weight excluding hydrogens is 202 g/mol. The summed E-state index contributed by atoms with van der Waals surface area (Å²) in [5.41, 5.74) is 0.628. The predicted molar refractivity (Wildman–Crippen MR) is 51.5 cm³/mol. The Morgan fingerprint density at radius 1 is 1.40 bits per heavy atom. The van der Waals surface area contributed by atoms with Crippen molar-refractivity contribution in [1.29, 1.82) is 0 Å². The fraction of sp³-hybridized carbons (Fsp3) is 0.600. The van der Waals surface area contributed by atoms with Crippen molar-refractivity contribution >= 4 is 0 Å². The Hall–Kier alpha value is -1.10. The van der Waals surface area contributed by atoms with Gasteiger partial charge in [0.05, 0.1) is 12.3 Å². The number of hydrogen-bond acceptors (Lipinski definition) is 3. The van der Waals surface area contributed by atoms with E-state index in [0.717, 1.165) is 13.3 Å². The molecule has 5 heteroatoms. The van der Waals surface area contributed by atoms with Crippen LogP contribution in [0.5, 0.6) is 0 Å². The molecule has 0 aromatic carbocycles. The Morgan fingerprint density at radius 2 is 2.07 bits per heavy atom. The van der Waals surface area contributed by atoms with E-state index in [4.69, 9.17) is 5.11 Å². The van der Waals surface area contributed by atoms with Crippen molar-refractivity contribution in [3.63, 3.8) is 0 Å². The summed E-state index contributed by atoms with van der Waals surface area (Å²) >= 11 is 0. The van der Waals surface area contributed by atoms with Crippen LogP contribution in [-0.4, -0.2) is 15.3 Å². The molecular formula is C10H14F2N2O. The van der Waals surface area contributed by atoms with Crippen LogP contribution >= 0.6 is 0 Å². The smallest absolute Gasteiger partial charge is 0.288 e. The highest BCUT2D eigenvalue weighted by Gasteiger charge is 2.27. The van der Waals surface area contributed by atoms with E-state index >= 15 is 0 Å². The van der Waals surface area contributed by atoms with Gasteiger partial charge in [-0.25, -0.2) is 0 Å². The van der Waals surface area contributed by atoms with E-state index in [1.54, 1.807) is 0 Å². The molecule has 1 aromatic rings. The number of aliphatic hydroxyl groups excluding tert-OH is 1. The highest BCUT2D eigenvalue weighted by molar-refractivity contribution is 5.22. The lowest BCUT2D eigenvalue weighted by Crippen LogP contribution is -2.13. The van der Waals surface area contributed by atoms with Gasteiger partial charge in [0.25, 0.3) is 5.92 Å². The Morgan fingerprint density at radius 3 is 2.53 bits per heavy atom. The van der Waals surface area contributed by atoms with Crippen molar-refractivity contribution in [2.24, 2.45) is 0 Å². The number of alkyl halides is 2. The van der Waals surface area contributed by atoms with Crippen LogP contribution < -0.4 is 0 Å². The standard InChI is InChI=1S/C10H14F2N2O/c1-3-4-8-7(6-15)5-9(14-13-8)10(2,11)12/h5,15H,3-4,6H2,1-2H3. The Balaban J connectivity index is 3.08. The van der Waals surface area contributed by atoms with Gasteiger partial charge in [-0.3, -0.25) is 0 Å². The first-order valence-corrected chi connectivity index (χ1v) is 4.83. The first-order valence-electron chi connectivity index (χ1n) is 4.83. The van der Waals surface area contributed by atoms with Gasteiger partial charge in [-0.15, -0.1) is 5.10 Å². The van der Waals surface area contributed by atoms with Crippen LogP contribution in [0.4, 0.5) is 8.78 Å². The average Bonchev–Trinajstić information content (AvgIpc) is 2.17. The molecule has 0 bridgehead atoms.